The zero-order chi connectivity index (χ0) is 13.4. The normalized spacial score (nSPS) is 12.7. The van der Waals surface area contributed by atoms with Gasteiger partial charge in [-0.15, -0.1) is 0 Å². The van der Waals surface area contributed by atoms with Crippen molar-refractivity contribution in [3.63, 3.8) is 0 Å². The molecule has 3 N–H and O–H groups in total. The minimum atomic E-state index is -0.227. The first-order valence-corrected chi connectivity index (χ1v) is 5.83. The molecule has 0 amide bonds. The summed E-state index contributed by atoms with van der Waals surface area (Å²) in [5.74, 6) is 0.389. The van der Waals surface area contributed by atoms with Crippen LogP contribution in [0.5, 0.6) is 0 Å². The number of hydrogen-bond acceptors (Lipinski definition) is 5. The van der Waals surface area contributed by atoms with Crippen LogP contribution in [0.2, 0.25) is 0 Å². The molecule has 0 aromatic carbocycles. The van der Waals surface area contributed by atoms with Crippen molar-refractivity contribution < 1.29 is 0 Å². The number of nitrogens with zero attached hydrogens (tertiary/aromatic N) is 4. The maximum absolute atomic E-state index is 11.8. The Hall–Kier alpha value is -2.64. The highest BCUT2D eigenvalue weighted by atomic mass is 16.1. The van der Waals surface area contributed by atoms with Crippen molar-refractivity contribution in [3.8, 4) is 0 Å². The second kappa shape index (κ2) is 4.23. The summed E-state index contributed by atoms with van der Waals surface area (Å²) >= 11 is 0. The lowest BCUT2D eigenvalue weighted by molar-refractivity contribution is 0.715. The minimum Gasteiger partial charge on any atom is -0.348 e. The van der Waals surface area contributed by atoms with Crippen LogP contribution in [0.15, 0.2) is 23.3 Å². The van der Waals surface area contributed by atoms with E-state index in [4.69, 9.17) is 0 Å². The summed E-state index contributed by atoms with van der Waals surface area (Å²) in [4.78, 5) is 18.7. The van der Waals surface area contributed by atoms with E-state index in [0.29, 0.717) is 17.0 Å². The van der Waals surface area contributed by atoms with Crippen LogP contribution in [0.1, 0.15) is 18.7 Å². The number of hydrogen-bond donors (Lipinski definition) is 3. The average molecular weight is 259 g/mol. The topological polar surface area (TPSA) is 104 Å². The molecule has 8 heteroatoms. The Morgan fingerprint density at radius 3 is 3.05 bits per heavy atom. The van der Waals surface area contributed by atoms with E-state index in [0.717, 1.165) is 5.69 Å². The third-order valence-corrected chi connectivity index (χ3v) is 2.85. The van der Waals surface area contributed by atoms with Crippen molar-refractivity contribution in [1.29, 1.82) is 0 Å². The lowest BCUT2D eigenvalue weighted by atomic mass is 10.2. The van der Waals surface area contributed by atoms with Gasteiger partial charge in [0, 0.05) is 13.2 Å². The second-order valence-electron chi connectivity index (χ2n) is 4.33. The number of aromatic nitrogens is 6. The van der Waals surface area contributed by atoms with Gasteiger partial charge in [0.2, 0.25) is 5.95 Å². The third kappa shape index (κ3) is 2.07. The highest BCUT2D eigenvalue weighted by molar-refractivity contribution is 5.73. The van der Waals surface area contributed by atoms with Crippen molar-refractivity contribution in [2.75, 3.05) is 5.32 Å². The van der Waals surface area contributed by atoms with E-state index in [1.54, 1.807) is 4.68 Å². The number of rotatable bonds is 3. The van der Waals surface area contributed by atoms with Gasteiger partial charge >= 0.3 is 0 Å². The molecule has 0 unspecified atom stereocenters. The Morgan fingerprint density at radius 1 is 1.47 bits per heavy atom. The van der Waals surface area contributed by atoms with Gasteiger partial charge in [-0.2, -0.15) is 15.2 Å². The number of aryl methyl sites for hydroxylation is 1. The molecule has 0 saturated carbocycles. The molecule has 1 atom stereocenters. The largest absolute Gasteiger partial charge is 0.348 e. The highest BCUT2D eigenvalue weighted by Gasteiger charge is 2.11. The van der Waals surface area contributed by atoms with Crippen LogP contribution in [0.3, 0.4) is 0 Å². The van der Waals surface area contributed by atoms with E-state index in [9.17, 15) is 4.79 Å². The van der Waals surface area contributed by atoms with Crippen LogP contribution in [0.25, 0.3) is 11.0 Å². The molecule has 0 aliphatic rings. The Bertz CT molecular complexity index is 769. The van der Waals surface area contributed by atoms with Crippen molar-refractivity contribution in [1.82, 2.24) is 29.9 Å². The third-order valence-electron chi connectivity index (χ3n) is 2.85. The zero-order valence-corrected chi connectivity index (χ0v) is 10.5. The molecule has 3 aromatic heterocycles. The highest BCUT2D eigenvalue weighted by Crippen LogP contribution is 2.14. The SMILES string of the molecule is C[C@H](Nc1nc2[nH]ncc2c(=O)[nH]1)c1ccn(C)n1. The quantitative estimate of drug-likeness (QED) is 0.637. The van der Waals surface area contributed by atoms with E-state index in [2.05, 4.69) is 30.6 Å². The predicted octanol–water partition coefficient (Wildman–Crippen LogP) is 0.553. The van der Waals surface area contributed by atoms with Gasteiger partial charge < -0.3 is 5.32 Å². The number of H-pyrrole nitrogens is 2. The van der Waals surface area contributed by atoms with Gasteiger partial charge in [0.25, 0.3) is 5.56 Å². The van der Waals surface area contributed by atoms with E-state index in [1.165, 1.54) is 6.20 Å². The van der Waals surface area contributed by atoms with Gasteiger partial charge in [0.1, 0.15) is 5.39 Å². The zero-order valence-electron chi connectivity index (χ0n) is 10.5. The van der Waals surface area contributed by atoms with Gasteiger partial charge in [-0.1, -0.05) is 0 Å². The van der Waals surface area contributed by atoms with E-state index in [1.807, 2.05) is 26.2 Å². The molecule has 0 aliphatic carbocycles. The van der Waals surface area contributed by atoms with Crippen LogP contribution in [0.4, 0.5) is 5.95 Å². The first-order chi connectivity index (χ1) is 9.13. The summed E-state index contributed by atoms with van der Waals surface area (Å²) in [6, 6.07) is 1.84. The van der Waals surface area contributed by atoms with Crippen molar-refractivity contribution in [3.05, 3.63) is 34.5 Å². The fourth-order valence-corrected chi connectivity index (χ4v) is 1.86. The molecular formula is C11H13N7O. The summed E-state index contributed by atoms with van der Waals surface area (Å²) in [5.41, 5.74) is 1.10. The van der Waals surface area contributed by atoms with Crippen LogP contribution < -0.4 is 10.9 Å². The lowest BCUT2D eigenvalue weighted by Crippen LogP contribution is -2.15. The Kier molecular flexibility index (Phi) is 2.55. The molecule has 3 rings (SSSR count). The molecule has 0 saturated heterocycles. The Balaban J connectivity index is 1.90. The molecule has 0 fully saturated rings. The summed E-state index contributed by atoms with van der Waals surface area (Å²) < 4.78 is 1.72. The summed E-state index contributed by atoms with van der Waals surface area (Å²) in [7, 11) is 1.85. The number of aromatic amines is 2. The molecule has 3 aromatic rings. The molecule has 0 radical (unpaired) electrons. The number of anilines is 1. The van der Waals surface area contributed by atoms with E-state index >= 15 is 0 Å². The molecule has 0 spiro atoms. The van der Waals surface area contributed by atoms with Crippen LogP contribution in [-0.4, -0.2) is 29.9 Å². The van der Waals surface area contributed by atoms with Crippen molar-refractivity contribution in [2.45, 2.75) is 13.0 Å². The number of nitrogens with one attached hydrogen (secondary N) is 3. The van der Waals surface area contributed by atoms with Gasteiger partial charge in [-0.05, 0) is 13.0 Å². The molecule has 3 heterocycles. The standard InChI is InChI=1S/C11H13N7O/c1-6(8-3-4-18(2)17-8)13-11-14-9-7(5-12-16-9)10(19)15-11/h3-6H,1-2H3,(H3,12,13,14,15,16,19)/t6-/m0/s1. The molecule has 98 valence electrons. The Labute approximate surface area is 107 Å². The fraction of sp³-hybridized carbons (Fsp3) is 0.273. The van der Waals surface area contributed by atoms with Gasteiger partial charge in [-0.25, -0.2) is 0 Å². The Morgan fingerprint density at radius 2 is 2.32 bits per heavy atom. The average Bonchev–Trinajstić information content (AvgIpc) is 2.97. The minimum absolute atomic E-state index is 0.0651. The first-order valence-electron chi connectivity index (χ1n) is 5.83. The molecule has 19 heavy (non-hydrogen) atoms. The maximum Gasteiger partial charge on any atom is 0.263 e. The van der Waals surface area contributed by atoms with Crippen LogP contribution in [0, 0.1) is 0 Å². The molecule has 0 bridgehead atoms. The maximum atomic E-state index is 11.8. The van der Waals surface area contributed by atoms with Gasteiger partial charge in [-0.3, -0.25) is 19.6 Å². The molecule has 8 nitrogen and oxygen atoms in total. The number of fused-ring (bicyclic) bond motifs is 1. The van der Waals surface area contributed by atoms with Gasteiger partial charge in [0.15, 0.2) is 5.65 Å². The van der Waals surface area contributed by atoms with Crippen molar-refractivity contribution in [2.24, 2.45) is 7.05 Å². The first kappa shape index (κ1) is 11.5. The monoisotopic (exact) mass is 259 g/mol. The van der Waals surface area contributed by atoms with Gasteiger partial charge in [0.05, 0.1) is 17.9 Å². The van der Waals surface area contributed by atoms with Crippen LogP contribution >= 0.6 is 0 Å². The van der Waals surface area contributed by atoms with Crippen LogP contribution in [-0.2, 0) is 7.05 Å². The summed E-state index contributed by atoms with van der Waals surface area (Å²) in [6.07, 6.45) is 3.31. The smallest absolute Gasteiger partial charge is 0.263 e. The lowest BCUT2D eigenvalue weighted by Gasteiger charge is -2.11. The summed E-state index contributed by atoms with van der Waals surface area (Å²) in [6.45, 7) is 1.94. The predicted molar refractivity (Wildman–Crippen MR) is 69.8 cm³/mol. The van der Waals surface area contributed by atoms with E-state index < -0.39 is 0 Å². The second-order valence-corrected chi connectivity index (χ2v) is 4.33. The van der Waals surface area contributed by atoms with Crippen molar-refractivity contribution >= 4 is 17.0 Å². The molecular weight excluding hydrogens is 246 g/mol. The van der Waals surface area contributed by atoms with E-state index in [-0.39, 0.29) is 11.6 Å². The molecule has 0 aliphatic heterocycles. The fourth-order valence-electron chi connectivity index (χ4n) is 1.86. The summed E-state index contributed by atoms with van der Waals surface area (Å²) in [5, 5.41) is 14.3.